The first kappa shape index (κ1) is 24.8. The number of methoxy groups -OCH3 is 1. The molecule has 2 atom stereocenters. The minimum Gasteiger partial charge on any atom is -0.497 e. The highest BCUT2D eigenvalue weighted by atomic mass is 16.5. The van der Waals surface area contributed by atoms with Crippen LogP contribution in [0.25, 0.3) is 10.8 Å². The lowest BCUT2D eigenvalue weighted by molar-refractivity contribution is -0.134. The average molecular weight is 501 g/mol. The number of likely N-dealkylation sites (tertiary alicyclic amines) is 1. The molecule has 2 aliphatic heterocycles. The van der Waals surface area contributed by atoms with E-state index in [4.69, 9.17) is 4.74 Å². The maximum Gasteiger partial charge on any atom is 0.325 e. The molecule has 2 fully saturated rings. The van der Waals surface area contributed by atoms with Gasteiger partial charge in [-0.25, -0.2) is 4.79 Å². The molecule has 2 saturated heterocycles. The van der Waals surface area contributed by atoms with Gasteiger partial charge in [-0.15, -0.1) is 0 Å². The first-order valence-electron chi connectivity index (χ1n) is 12.7. The fourth-order valence-electron chi connectivity index (χ4n) is 5.28. The number of hydrogen-bond donors (Lipinski definition) is 2. The second kappa shape index (κ2) is 10.2. The van der Waals surface area contributed by atoms with Crippen molar-refractivity contribution in [1.82, 2.24) is 20.4 Å². The van der Waals surface area contributed by atoms with Crippen LogP contribution in [0, 0.1) is 0 Å². The molecule has 4 amide bonds. The number of nitrogens with zero attached hydrogens (tertiary/aromatic N) is 2. The number of fused-ring (bicyclic) bond motifs is 1. The highest BCUT2D eigenvalue weighted by molar-refractivity contribution is 6.09. The third kappa shape index (κ3) is 4.89. The highest BCUT2D eigenvalue weighted by Crippen LogP contribution is 2.31. The Kier molecular flexibility index (Phi) is 6.84. The van der Waals surface area contributed by atoms with Crippen LogP contribution in [0.1, 0.15) is 36.9 Å². The number of carbonyl (C=O) groups is 3. The third-order valence-electron chi connectivity index (χ3n) is 7.48. The van der Waals surface area contributed by atoms with Gasteiger partial charge in [-0.2, -0.15) is 0 Å². The maximum atomic E-state index is 13.4. The van der Waals surface area contributed by atoms with Gasteiger partial charge in [-0.05, 0) is 73.0 Å². The fourth-order valence-corrected chi connectivity index (χ4v) is 5.28. The summed E-state index contributed by atoms with van der Waals surface area (Å²) in [6, 6.07) is 20.8. The van der Waals surface area contributed by atoms with E-state index in [-0.39, 0.29) is 18.5 Å². The van der Waals surface area contributed by atoms with Crippen molar-refractivity contribution in [3.8, 4) is 5.75 Å². The quantitative estimate of drug-likeness (QED) is 0.462. The smallest absolute Gasteiger partial charge is 0.325 e. The van der Waals surface area contributed by atoms with Crippen molar-refractivity contribution in [2.24, 2.45) is 0 Å². The molecule has 0 aromatic heterocycles. The number of nitrogens with one attached hydrogen (secondary N) is 2. The van der Waals surface area contributed by atoms with Crippen molar-refractivity contribution in [3.63, 3.8) is 0 Å². The van der Waals surface area contributed by atoms with Crippen molar-refractivity contribution in [3.05, 3.63) is 77.9 Å². The molecule has 0 bridgehead atoms. The van der Waals surface area contributed by atoms with Crippen molar-refractivity contribution in [1.29, 1.82) is 0 Å². The number of rotatable bonds is 8. The monoisotopic (exact) mass is 500 g/mol. The largest absolute Gasteiger partial charge is 0.497 e. The average Bonchev–Trinajstić information content (AvgIpc) is 3.52. The van der Waals surface area contributed by atoms with E-state index in [0.717, 1.165) is 52.9 Å². The Morgan fingerprint density at radius 1 is 1.03 bits per heavy atom. The summed E-state index contributed by atoms with van der Waals surface area (Å²) in [5.41, 5.74) is 0.533. The summed E-state index contributed by atoms with van der Waals surface area (Å²) in [7, 11) is 1.63. The van der Waals surface area contributed by atoms with Crippen LogP contribution in [0.2, 0.25) is 0 Å². The Balaban J connectivity index is 1.27. The number of ether oxygens (including phenoxy) is 1. The number of benzene rings is 3. The molecule has 3 aromatic carbocycles. The van der Waals surface area contributed by atoms with Crippen molar-refractivity contribution < 1.29 is 19.1 Å². The van der Waals surface area contributed by atoms with E-state index < -0.39 is 17.5 Å². The summed E-state index contributed by atoms with van der Waals surface area (Å²) in [5, 5.41) is 7.79. The molecular weight excluding hydrogens is 468 g/mol. The second-order valence-electron chi connectivity index (χ2n) is 9.84. The first-order valence-corrected chi connectivity index (χ1v) is 12.7. The molecule has 0 aliphatic carbocycles. The Bertz CT molecular complexity index is 1320. The van der Waals surface area contributed by atoms with Crippen molar-refractivity contribution in [2.75, 3.05) is 33.3 Å². The zero-order valence-corrected chi connectivity index (χ0v) is 21.2. The Hall–Kier alpha value is -3.91. The number of imide groups is 1. The van der Waals surface area contributed by atoms with E-state index in [9.17, 15) is 14.4 Å². The van der Waals surface area contributed by atoms with Gasteiger partial charge < -0.3 is 15.4 Å². The molecule has 5 rings (SSSR count). The second-order valence-corrected chi connectivity index (χ2v) is 9.84. The van der Waals surface area contributed by atoms with E-state index in [2.05, 4.69) is 15.5 Å². The molecule has 8 nitrogen and oxygen atoms in total. The summed E-state index contributed by atoms with van der Waals surface area (Å²) in [6.07, 6.45) is 2.24. The molecule has 0 spiro atoms. The van der Waals surface area contributed by atoms with Crippen LogP contribution in [0.5, 0.6) is 5.75 Å². The molecule has 2 heterocycles. The summed E-state index contributed by atoms with van der Waals surface area (Å²) in [5.74, 6) is -0.0286. The number of urea groups is 1. The molecule has 192 valence electrons. The van der Waals surface area contributed by atoms with Gasteiger partial charge in [-0.3, -0.25) is 19.4 Å². The van der Waals surface area contributed by atoms with Gasteiger partial charge in [0, 0.05) is 6.54 Å². The van der Waals surface area contributed by atoms with Crippen LogP contribution >= 0.6 is 0 Å². The summed E-state index contributed by atoms with van der Waals surface area (Å²) < 4.78 is 5.28. The van der Waals surface area contributed by atoms with E-state index >= 15 is 0 Å². The standard InChI is InChI=1S/C29H32N4O4/c1-29(23-12-9-20-7-3-4-8-22(20)17-23)27(35)33(28(36)31-29)19-26(34)30-18-25(32-15-5-6-16-32)21-10-13-24(37-2)14-11-21/h3-4,7-14,17,25H,5-6,15-16,18-19H2,1-2H3,(H,30,34)(H,31,36)/t25-,29-/m0/s1. The summed E-state index contributed by atoms with van der Waals surface area (Å²) in [6.45, 7) is 3.66. The fraction of sp³-hybridized carbons (Fsp3) is 0.345. The van der Waals surface area contributed by atoms with Crippen molar-refractivity contribution in [2.45, 2.75) is 31.3 Å². The van der Waals surface area contributed by atoms with Gasteiger partial charge >= 0.3 is 6.03 Å². The lowest BCUT2D eigenvalue weighted by Gasteiger charge is -2.28. The minimum atomic E-state index is -1.23. The molecule has 2 aliphatic rings. The highest BCUT2D eigenvalue weighted by Gasteiger charge is 2.49. The molecule has 37 heavy (non-hydrogen) atoms. The molecule has 0 saturated carbocycles. The Labute approximate surface area is 216 Å². The predicted molar refractivity (Wildman–Crippen MR) is 141 cm³/mol. The SMILES string of the molecule is COc1ccc([C@H](CNC(=O)CN2C(=O)N[C@@](C)(c3ccc4ccccc4c3)C2=O)N2CCCC2)cc1. The number of carbonyl (C=O) groups excluding carboxylic acids is 3. The van der Waals surface area contributed by atoms with Crippen LogP contribution < -0.4 is 15.4 Å². The lowest BCUT2D eigenvalue weighted by atomic mass is 9.90. The number of hydrogen-bond acceptors (Lipinski definition) is 5. The van der Waals surface area contributed by atoms with Crippen LogP contribution in [-0.2, 0) is 15.1 Å². The maximum absolute atomic E-state index is 13.4. The van der Waals surface area contributed by atoms with Crippen LogP contribution in [0.15, 0.2) is 66.7 Å². The zero-order valence-electron chi connectivity index (χ0n) is 21.2. The molecule has 0 radical (unpaired) electrons. The third-order valence-corrected chi connectivity index (χ3v) is 7.48. The first-order chi connectivity index (χ1) is 17.9. The van der Waals surface area contributed by atoms with Crippen LogP contribution in [0.3, 0.4) is 0 Å². The van der Waals surface area contributed by atoms with Gasteiger partial charge in [0.1, 0.15) is 17.8 Å². The number of amides is 4. The van der Waals surface area contributed by atoms with Gasteiger partial charge in [0.2, 0.25) is 5.91 Å². The topological polar surface area (TPSA) is 91.0 Å². The molecule has 2 N–H and O–H groups in total. The summed E-state index contributed by atoms with van der Waals surface area (Å²) in [4.78, 5) is 42.5. The van der Waals surface area contributed by atoms with E-state index in [1.807, 2.05) is 66.7 Å². The molecule has 8 heteroatoms. The minimum absolute atomic E-state index is 0.00308. The predicted octanol–water partition coefficient (Wildman–Crippen LogP) is 3.57. The van der Waals surface area contributed by atoms with Gasteiger partial charge in [0.15, 0.2) is 0 Å². The lowest BCUT2D eigenvalue weighted by Crippen LogP contribution is -2.45. The molecule has 0 unspecified atom stereocenters. The molecule has 3 aromatic rings. The van der Waals surface area contributed by atoms with E-state index in [0.29, 0.717) is 12.1 Å². The summed E-state index contributed by atoms with van der Waals surface area (Å²) >= 11 is 0. The van der Waals surface area contributed by atoms with E-state index in [1.165, 1.54) is 0 Å². The Morgan fingerprint density at radius 2 is 1.73 bits per heavy atom. The van der Waals surface area contributed by atoms with Gasteiger partial charge in [0.05, 0.1) is 13.2 Å². The molecular formula is C29H32N4O4. The van der Waals surface area contributed by atoms with Crippen molar-refractivity contribution >= 4 is 28.6 Å². The van der Waals surface area contributed by atoms with E-state index in [1.54, 1.807) is 14.0 Å². The Morgan fingerprint density at radius 3 is 2.43 bits per heavy atom. The van der Waals surface area contributed by atoms with Crippen LogP contribution in [0.4, 0.5) is 4.79 Å². The van der Waals surface area contributed by atoms with Gasteiger partial charge in [-0.1, -0.05) is 48.5 Å². The van der Waals surface area contributed by atoms with Gasteiger partial charge in [0.25, 0.3) is 5.91 Å². The normalized spacial score (nSPS) is 20.8. The zero-order chi connectivity index (χ0) is 26.0. The van der Waals surface area contributed by atoms with Crippen LogP contribution in [-0.4, -0.2) is 60.9 Å².